The van der Waals surface area contributed by atoms with Crippen molar-refractivity contribution >= 4 is 29.1 Å². The van der Waals surface area contributed by atoms with Gasteiger partial charge in [-0.2, -0.15) is 0 Å². The highest BCUT2D eigenvalue weighted by Crippen LogP contribution is 2.27. The maximum Gasteiger partial charge on any atom is 0.227 e. The van der Waals surface area contributed by atoms with Crippen LogP contribution in [0, 0.1) is 11.8 Å². The van der Waals surface area contributed by atoms with E-state index in [-0.39, 0.29) is 24.2 Å². The summed E-state index contributed by atoms with van der Waals surface area (Å²) >= 11 is 6.00. The van der Waals surface area contributed by atoms with Gasteiger partial charge in [0.1, 0.15) is 0 Å². The van der Waals surface area contributed by atoms with Crippen LogP contribution in [0.15, 0.2) is 24.3 Å². The molecule has 2 amide bonds. The van der Waals surface area contributed by atoms with Crippen molar-refractivity contribution in [2.75, 3.05) is 38.1 Å². The minimum atomic E-state index is -0.274. The fraction of sp³-hybridized carbons (Fsp3) is 0.579. The topological polar surface area (TPSA) is 52.7 Å². The number of piperidine rings is 1. The van der Waals surface area contributed by atoms with Gasteiger partial charge in [0.25, 0.3) is 0 Å². The number of likely N-dealkylation sites (tertiary alicyclic amines) is 1. The number of nitrogens with one attached hydrogen (secondary N) is 1. The van der Waals surface area contributed by atoms with Crippen molar-refractivity contribution in [1.29, 1.82) is 0 Å². The molecule has 1 N–H and O–H groups in total. The van der Waals surface area contributed by atoms with Gasteiger partial charge in [0.2, 0.25) is 11.8 Å². The van der Waals surface area contributed by atoms with Crippen molar-refractivity contribution in [3.05, 3.63) is 29.3 Å². The quantitative estimate of drug-likeness (QED) is 0.874. The summed E-state index contributed by atoms with van der Waals surface area (Å²) < 4.78 is 0. The zero-order valence-corrected chi connectivity index (χ0v) is 15.5. The fourth-order valence-corrected chi connectivity index (χ4v) is 3.86. The van der Waals surface area contributed by atoms with E-state index >= 15 is 0 Å². The minimum absolute atomic E-state index is 0.00851. The molecule has 25 heavy (non-hydrogen) atoms. The van der Waals surface area contributed by atoms with Gasteiger partial charge >= 0.3 is 0 Å². The molecule has 2 fully saturated rings. The lowest BCUT2D eigenvalue weighted by Gasteiger charge is -2.29. The predicted molar refractivity (Wildman–Crippen MR) is 99.8 cm³/mol. The summed E-state index contributed by atoms with van der Waals surface area (Å²) in [6.45, 7) is 3.42. The van der Waals surface area contributed by atoms with Crippen LogP contribution in [0.25, 0.3) is 0 Å². The Labute approximate surface area is 154 Å². The van der Waals surface area contributed by atoms with E-state index in [2.05, 4.69) is 17.3 Å². The van der Waals surface area contributed by atoms with Crippen LogP contribution in [-0.2, 0) is 9.59 Å². The smallest absolute Gasteiger partial charge is 0.227 e. The first-order valence-corrected chi connectivity index (χ1v) is 9.43. The number of hydrogen-bond acceptors (Lipinski definition) is 3. The summed E-state index contributed by atoms with van der Waals surface area (Å²) in [6.07, 6.45) is 3.71. The van der Waals surface area contributed by atoms with Crippen LogP contribution in [0.5, 0.6) is 0 Å². The highest BCUT2D eigenvalue weighted by molar-refractivity contribution is 6.30. The summed E-state index contributed by atoms with van der Waals surface area (Å²) in [5, 5.41) is 3.62. The Hall–Kier alpha value is -1.59. The number of nitrogens with zero attached hydrogens (tertiary/aromatic N) is 2. The number of halogens is 1. The molecular formula is C19H26ClN3O2. The SMILES string of the molecule is CN1CCC(CCNC(=O)C2CC(=O)N(c3cccc(Cl)c3)C2)CC1. The van der Waals surface area contributed by atoms with Crippen molar-refractivity contribution in [2.24, 2.45) is 11.8 Å². The second-order valence-electron chi connectivity index (χ2n) is 7.21. The molecule has 2 aliphatic heterocycles. The molecule has 1 aromatic carbocycles. The lowest BCUT2D eigenvalue weighted by molar-refractivity contribution is -0.126. The first kappa shape index (κ1) is 18.2. The molecule has 2 aliphatic rings. The molecular weight excluding hydrogens is 338 g/mol. The number of carbonyl (C=O) groups excluding carboxylic acids is 2. The molecule has 0 radical (unpaired) electrons. The van der Waals surface area contributed by atoms with Crippen molar-refractivity contribution in [3.8, 4) is 0 Å². The summed E-state index contributed by atoms with van der Waals surface area (Å²) in [5.41, 5.74) is 0.763. The van der Waals surface area contributed by atoms with Crippen LogP contribution >= 0.6 is 11.6 Å². The van der Waals surface area contributed by atoms with E-state index in [1.807, 2.05) is 12.1 Å². The molecule has 0 bridgehead atoms. The molecule has 5 nitrogen and oxygen atoms in total. The fourth-order valence-electron chi connectivity index (χ4n) is 3.67. The van der Waals surface area contributed by atoms with E-state index in [1.165, 1.54) is 12.8 Å². The standard InChI is InChI=1S/C19H26ClN3O2/c1-22-9-6-14(7-10-22)5-8-21-19(25)15-11-18(24)23(13-15)17-4-2-3-16(20)12-17/h2-4,12,14-15H,5-11,13H2,1H3,(H,21,25). The number of rotatable bonds is 5. The number of benzene rings is 1. The van der Waals surface area contributed by atoms with E-state index in [1.54, 1.807) is 17.0 Å². The van der Waals surface area contributed by atoms with E-state index in [9.17, 15) is 9.59 Å². The summed E-state index contributed by atoms with van der Waals surface area (Å²) in [6, 6.07) is 7.21. The second kappa shape index (κ2) is 8.19. The molecule has 0 aliphatic carbocycles. The molecule has 1 atom stereocenters. The maximum absolute atomic E-state index is 12.4. The first-order valence-electron chi connectivity index (χ1n) is 9.05. The normalized spacial score (nSPS) is 22.4. The predicted octanol–water partition coefficient (Wildman–Crippen LogP) is 2.54. The minimum Gasteiger partial charge on any atom is -0.356 e. The Morgan fingerprint density at radius 1 is 1.32 bits per heavy atom. The monoisotopic (exact) mass is 363 g/mol. The van der Waals surface area contributed by atoms with Gasteiger partial charge < -0.3 is 15.1 Å². The molecule has 136 valence electrons. The molecule has 3 rings (SSSR count). The molecule has 6 heteroatoms. The zero-order valence-electron chi connectivity index (χ0n) is 14.7. The molecule has 0 spiro atoms. The van der Waals surface area contributed by atoms with Crippen molar-refractivity contribution in [2.45, 2.75) is 25.7 Å². The number of carbonyl (C=O) groups is 2. The lowest BCUT2D eigenvalue weighted by Crippen LogP contribution is -2.35. The molecule has 1 aromatic rings. The Balaban J connectivity index is 1.46. The second-order valence-corrected chi connectivity index (χ2v) is 7.65. The van der Waals surface area contributed by atoms with Gasteiger partial charge in [-0.15, -0.1) is 0 Å². The zero-order chi connectivity index (χ0) is 17.8. The first-order chi connectivity index (χ1) is 12.0. The number of anilines is 1. The van der Waals surface area contributed by atoms with Crippen LogP contribution in [-0.4, -0.2) is 49.9 Å². The Kier molecular flexibility index (Phi) is 5.97. The summed E-state index contributed by atoms with van der Waals surface area (Å²) in [7, 11) is 2.15. The summed E-state index contributed by atoms with van der Waals surface area (Å²) in [4.78, 5) is 28.7. The lowest BCUT2D eigenvalue weighted by atomic mass is 9.94. The highest BCUT2D eigenvalue weighted by atomic mass is 35.5. The van der Waals surface area contributed by atoms with Gasteiger partial charge in [-0.05, 0) is 63.5 Å². The average molecular weight is 364 g/mol. The van der Waals surface area contributed by atoms with Crippen LogP contribution in [0.4, 0.5) is 5.69 Å². The van der Waals surface area contributed by atoms with Crippen molar-refractivity contribution in [1.82, 2.24) is 10.2 Å². The molecule has 1 unspecified atom stereocenters. The van der Waals surface area contributed by atoms with Gasteiger partial charge in [-0.3, -0.25) is 9.59 Å². The Morgan fingerprint density at radius 3 is 2.80 bits per heavy atom. The number of amides is 2. The third-order valence-corrected chi connectivity index (χ3v) is 5.54. The van der Waals surface area contributed by atoms with Gasteiger partial charge in [0, 0.05) is 30.2 Å². The molecule has 0 saturated carbocycles. The maximum atomic E-state index is 12.4. The third-order valence-electron chi connectivity index (χ3n) is 5.31. The van der Waals surface area contributed by atoms with Crippen molar-refractivity contribution < 1.29 is 9.59 Å². The largest absolute Gasteiger partial charge is 0.356 e. The van der Waals surface area contributed by atoms with Crippen molar-refractivity contribution in [3.63, 3.8) is 0 Å². The molecule has 2 saturated heterocycles. The van der Waals surface area contributed by atoms with Gasteiger partial charge in [0.05, 0.1) is 5.92 Å². The third kappa shape index (κ3) is 4.73. The van der Waals surface area contributed by atoms with Crippen LogP contribution in [0.1, 0.15) is 25.7 Å². The highest BCUT2D eigenvalue weighted by Gasteiger charge is 2.35. The Bertz CT molecular complexity index is 629. The van der Waals surface area contributed by atoms with Gasteiger partial charge in [0.15, 0.2) is 0 Å². The van der Waals surface area contributed by atoms with E-state index in [4.69, 9.17) is 11.6 Å². The summed E-state index contributed by atoms with van der Waals surface area (Å²) in [5.74, 6) is 0.400. The number of hydrogen-bond donors (Lipinski definition) is 1. The van der Waals surface area contributed by atoms with Gasteiger partial charge in [-0.25, -0.2) is 0 Å². The Morgan fingerprint density at radius 2 is 2.08 bits per heavy atom. The van der Waals surface area contributed by atoms with Crippen LogP contribution < -0.4 is 10.2 Å². The van der Waals surface area contributed by atoms with E-state index in [0.29, 0.717) is 24.0 Å². The van der Waals surface area contributed by atoms with E-state index < -0.39 is 0 Å². The van der Waals surface area contributed by atoms with E-state index in [0.717, 1.165) is 25.2 Å². The van der Waals surface area contributed by atoms with Crippen LogP contribution in [0.2, 0.25) is 5.02 Å². The van der Waals surface area contributed by atoms with Crippen LogP contribution in [0.3, 0.4) is 0 Å². The average Bonchev–Trinajstić information content (AvgIpc) is 2.98. The molecule has 0 aromatic heterocycles. The molecule has 2 heterocycles. The van der Waals surface area contributed by atoms with Gasteiger partial charge in [-0.1, -0.05) is 17.7 Å².